The molecule has 0 aromatic heterocycles. The van der Waals surface area contributed by atoms with E-state index in [4.69, 9.17) is 5.11 Å². The molecule has 2 aromatic rings. The SMILES string of the molecule is CC(C)C(CCO)NC(=O)c1ccc2cc(Br)ccc2c1. The third kappa shape index (κ3) is 4.05. The number of benzene rings is 2. The Morgan fingerprint density at radius 3 is 2.52 bits per heavy atom. The number of aliphatic hydroxyl groups excluding tert-OH is 1. The highest BCUT2D eigenvalue weighted by Crippen LogP contribution is 2.21. The first-order valence-corrected chi connectivity index (χ1v) is 7.91. The van der Waals surface area contributed by atoms with Gasteiger partial charge in [0.05, 0.1) is 0 Å². The van der Waals surface area contributed by atoms with E-state index in [-0.39, 0.29) is 24.5 Å². The van der Waals surface area contributed by atoms with Crippen molar-refractivity contribution in [1.82, 2.24) is 5.32 Å². The number of nitrogens with one attached hydrogen (secondary N) is 1. The predicted octanol–water partition coefficient (Wildman–Crippen LogP) is 3.74. The number of hydrogen-bond donors (Lipinski definition) is 2. The molecule has 0 fully saturated rings. The maximum Gasteiger partial charge on any atom is 0.251 e. The van der Waals surface area contributed by atoms with Gasteiger partial charge in [-0.25, -0.2) is 0 Å². The van der Waals surface area contributed by atoms with Crippen LogP contribution in [0.25, 0.3) is 10.8 Å². The normalized spacial score (nSPS) is 12.6. The third-order valence-electron chi connectivity index (χ3n) is 3.63. The van der Waals surface area contributed by atoms with Gasteiger partial charge in [-0.1, -0.05) is 41.9 Å². The summed E-state index contributed by atoms with van der Waals surface area (Å²) >= 11 is 3.44. The minimum Gasteiger partial charge on any atom is -0.396 e. The van der Waals surface area contributed by atoms with Gasteiger partial charge >= 0.3 is 0 Å². The molecule has 0 heterocycles. The van der Waals surface area contributed by atoms with Crippen molar-refractivity contribution >= 4 is 32.6 Å². The standard InChI is InChI=1S/C17H20BrNO2/c1-11(2)16(7-8-20)19-17(21)14-4-3-13-10-15(18)6-5-12(13)9-14/h3-6,9-11,16,20H,7-8H2,1-2H3,(H,19,21). The molecule has 112 valence electrons. The Kier molecular flexibility index (Phi) is 5.37. The fraction of sp³-hybridized carbons (Fsp3) is 0.353. The second kappa shape index (κ2) is 7.05. The van der Waals surface area contributed by atoms with Crippen molar-refractivity contribution in [1.29, 1.82) is 0 Å². The average Bonchev–Trinajstić information content (AvgIpc) is 2.45. The Balaban J connectivity index is 2.20. The van der Waals surface area contributed by atoms with Crippen LogP contribution in [0, 0.1) is 5.92 Å². The molecule has 2 rings (SSSR count). The maximum absolute atomic E-state index is 12.3. The Labute approximate surface area is 133 Å². The van der Waals surface area contributed by atoms with Crippen LogP contribution in [0.3, 0.4) is 0 Å². The molecule has 0 aliphatic rings. The monoisotopic (exact) mass is 349 g/mol. The van der Waals surface area contributed by atoms with Crippen molar-refractivity contribution in [2.45, 2.75) is 26.3 Å². The van der Waals surface area contributed by atoms with Gasteiger partial charge in [0.1, 0.15) is 0 Å². The van der Waals surface area contributed by atoms with E-state index in [1.807, 2.05) is 50.2 Å². The van der Waals surface area contributed by atoms with Crippen molar-refractivity contribution < 1.29 is 9.90 Å². The number of hydrogen-bond acceptors (Lipinski definition) is 2. The number of carbonyl (C=O) groups is 1. The number of amides is 1. The first-order valence-electron chi connectivity index (χ1n) is 7.12. The average molecular weight is 350 g/mol. The van der Waals surface area contributed by atoms with Gasteiger partial charge in [0.15, 0.2) is 0 Å². The zero-order chi connectivity index (χ0) is 15.4. The molecule has 3 nitrogen and oxygen atoms in total. The molecule has 0 saturated heterocycles. The van der Waals surface area contributed by atoms with Crippen LogP contribution in [0.4, 0.5) is 0 Å². The van der Waals surface area contributed by atoms with Crippen molar-refractivity contribution in [2.24, 2.45) is 5.92 Å². The topological polar surface area (TPSA) is 49.3 Å². The lowest BCUT2D eigenvalue weighted by molar-refractivity contribution is 0.0917. The van der Waals surface area contributed by atoms with Crippen LogP contribution in [0.5, 0.6) is 0 Å². The summed E-state index contributed by atoms with van der Waals surface area (Å²) in [6.45, 7) is 4.16. The van der Waals surface area contributed by atoms with Crippen LogP contribution >= 0.6 is 15.9 Å². The molecule has 21 heavy (non-hydrogen) atoms. The van der Waals surface area contributed by atoms with Crippen LogP contribution < -0.4 is 5.32 Å². The van der Waals surface area contributed by atoms with E-state index in [1.165, 1.54) is 0 Å². The summed E-state index contributed by atoms with van der Waals surface area (Å²) in [5.74, 6) is 0.199. The molecular formula is C17H20BrNO2. The molecule has 1 atom stereocenters. The smallest absolute Gasteiger partial charge is 0.251 e. The molecule has 2 aromatic carbocycles. The molecule has 1 unspecified atom stereocenters. The van der Waals surface area contributed by atoms with Gasteiger partial charge in [-0.3, -0.25) is 4.79 Å². The van der Waals surface area contributed by atoms with Crippen LogP contribution in [0.1, 0.15) is 30.6 Å². The van der Waals surface area contributed by atoms with Crippen molar-refractivity contribution in [2.75, 3.05) is 6.61 Å². The molecule has 2 N–H and O–H groups in total. The number of halogens is 1. The zero-order valence-corrected chi connectivity index (χ0v) is 13.9. The van der Waals surface area contributed by atoms with Gasteiger partial charge in [-0.15, -0.1) is 0 Å². The summed E-state index contributed by atoms with van der Waals surface area (Å²) in [5.41, 5.74) is 0.647. The largest absolute Gasteiger partial charge is 0.396 e. The Hall–Kier alpha value is -1.39. The van der Waals surface area contributed by atoms with Crippen molar-refractivity contribution in [3.05, 3.63) is 46.4 Å². The van der Waals surface area contributed by atoms with Crippen LogP contribution in [0.15, 0.2) is 40.9 Å². The van der Waals surface area contributed by atoms with Gasteiger partial charge in [0, 0.05) is 22.7 Å². The van der Waals surface area contributed by atoms with Gasteiger partial charge in [0.2, 0.25) is 0 Å². The Morgan fingerprint density at radius 2 is 1.86 bits per heavy atom. The molecule has 0 radical (unpaired) electrons. The summed E-state index contributed by atoms with van der Waals surface area (Å²) in [7, 11) is 0. The van der Waals surface area contributed by atoms with Gasteiger partial charge in [0.25, 0.3) is 5.91 Å². The third-order valence-corrected chi connectivity index (χ3v) is 4.12. The van der Waals surface area contributed by atoms with E-state index in [0.717, 1.165) is 15.2 Å². The van der Waals surface area contributed by atoms with E-state index in [9.17, 15) is 4.79 Å². The fourth-order valence-corrected chi connectivity index (χ4v) is 2.70. The van der Waals surface area contributed by atoms with Crippen LogP contribution in [-0.2, 0) is 0 Å². The summed E-state index contributed by atoms with van der Waals surface area (Å²) in [6, 6.07) is 11.7. The number of fused-ring (bicyclic) bond motifs is 1. The molecule has 0 saturated carbocycles. The lowest BCUT2D eigenvalue weighted by Gasteiger charge is -2.21. The van der Waals surface area contributed by atoms with E-state index in [1.54, 1.807) is 0 Å². The first kappa shape index (κ1) is 16.0. The predicted molar refractivity (Wildman–Crippen MR) is 89.4 cm³/mol. The van der Waals surface area contributed by atoms with E-state index >= 15 is 0 Å². The molecule has 0 aliphatic carbocycles. The summed E-state index contributed by atoms with van der Waals surface area (Å²) < 4.78 is 1.02. The molecule has 0 bridgehead atoms. The first-order chi connectivity index (χ1) is 10.0. The van der Waals surface area contributed by atoms with Crippen molar-refractivity contribution in [3.63, 3.8) is 0 Å². The molecule has 0 spiro atoms. The second-order valence-corrected chi connectivity index (χ2v) is 6.46. The van der Waals surface area contributed by atoms with Crippen LogP contribution in [-0.4, -0.2) is 23.7 Å². The highest BCUT2D eigenvalue weighted by atomic mass is 79.9. The number of carbonyl (C=O) groups excluding carboxylic acids is 1. The van der Waals surface area contributed by atoms with Gasteiger partial charge in [-0.2, -0.15) is 0 Å². The fourth-order valence-electron chi connectivity index (χ4n) is 2.32. The minimum absolute atomic E-state index is 0.0110. The minimum atomic E-state index is -0.0908. The van der Waals surface area contributed by atoms with E-state index in [2.05, 4.69) is 21.2 Å². The Bertz CT molecular complexity index is 640. The van der Waals surface area contributed by atoms with Gasteiger partial charge in [-0.05, 0) is 47.4 Å². The molecular weight excluding hydrogens is 330 g/mol. The maximum atomic E-state index is 12.3. The second-order valence-electron chi connectivity index (χ2n) is 5.54. The molecule has 0 aliphatic heterocycles. The van der Waals surface area contributed by atoms with Crippen molar-refractivity contribution in [3.8, 4) is 0 Å². The highest BCUT2D eigenvalue weighted by Gasteiger charge is 2.16. The van der Waals surface area contributed by atoms with Crippen LogP contribution in [0.2, 0.25) is 0 Å². The number of aliphatic hydroxyl groups is 1. The summed E-state index contributed by atoms with van der Waals surface area (Å²) in [4.78, 5) is 12.3. The zero-order valence-electron chi connectivity index (χ0n) is 12.3. The molecule has 1 amide bonds. The highest BCUT2D eigenvalue weighted by molar-refractivity contribution is 9.10. The van der Waals surface area contributed by atoms with E-state index in [0.29, 0.717) is 12.0 Å². The molecule has 4 heteroatoms. The lowest BCUT2D eigenvalue weighted by Crippen LogP contribution is -2.39. The summed E-state index contributed by atoms with van der Waals surface area (Å²) in [6.07, 6.45) is 0.573. The van der Waals surface area contributed by atoms with Gasteiger partial charge < -0.3 is 10.4 Å². The number of rotatable bonds is 5. The Morgan fingerprint density at radius 1 is 1.19 bits per heavy atom. The summed E-state index contributed by atoms with van der Waals surface area (Å²) in [5, 5.41) is 14.2. The quantitative estimate of drug-likeness (QED) is 0.863. The van der Waals surface area contributed by atoms with E-state index < -0.39 is 0 Å². The lowest BCUT2D eigenvalue weighted by atomic mass is 10.0.